The third kappa shape index (κ3) is 5.39. The van der Waals surface area contributed by atoms with Crippen molar-refractivity contribution in [1.82, 2.24) is 4.90 Å². The second-order valence-corrected chi connectivity index (χ2v) is 5.07. The number of benzene rings is 1. The van der Waals surface area contributed by atoms with E-state index in [2.05, 4.69) is 11.8 Å². The van der Waals surface area contributed by atoms with Gasteiger partial charge in [-0.05, 0) is 44.6 Å². The zero-order valence-corrected chi connectivity index (χ0v) is 13.2. The van der Waals surface area contributed by atoms with Crippen molar-refractivity contribution in [2.45, 2.75) is 31.8 Å². The monoisotopic (exact) mass is 287 g/mol. The average molecular weight is 288 g/mol. The zero-order chi connectivity index (χ0) is 13.6. The van der Waals surface area contributed by atoms with Crippen molar-refractivity contribution in [2.24, 2.45) is 0 Å². The molecule has 0 bridgehead atoms. The highest BCUT2D eigenvalue weighted by molar-refractivity contribution is 5.85. The molecule has 0 saturated heterocycles. The molecular weight excluding hydrogens is 262 g/mol. The SMILES string of the molecule is CCCC(O)(CCN(C)C)c1cccc(OC)c1.Cl. The Bertz CT molecular complexity index is 371. The van der Waals surface area contributed by atoms with Crippen LogP contribution >= 0.6 is 12.4 Å². The largest absolute Gasteiger partial charge is 0.497 e. The summed E-state index contributed by atoms with van der Waals surface area (Å²) in [5.74, 6) is 0.798. The second kappa shape index (κ2) is 8.41. The molecule has 1 aromatic carbocycles. The first-order chi connectivity index (χ1) is 8.51. The molecule has 3 nitrogen and oxygen atoms in total. The van der Waals surface area contributed by atoms with Gasteiger partial charge in [0, 0.05) is 6.54 Å². The molecule has 4 heteroatoms. The topological polar surface area (TPSA) is 32.7 Å². The van der Waals surface area contributed by atoms with Gasteiger partial charge in [-0.1, -0.05) is 25.5 Å². The van der Waals surface area contributed by atoms with Gasteiger partial charge >= 0.3 is 0 Å². The summed E-state index contributed by atoms with van der Waals surface area (Å²) in [5, 5.41) is 10.9. The van der Waals surface area contributed by atoms with Crippen LogP contribution in [-0.4, -0.2) is 37.8 Å². The Morgan fingerprint density at radius 1 is 1.26 bits per heavy atom. The summed E-state index contributed by atoms with van der Waals surface area (Å²) in [6.07, 6.45) is 2.47. The number of ether oxygens (including phenoxy) is 1. The number of nitrogens with zero attached hydrogens (tertiary/aromatic N) is 1. The molecule has 0 amide bonds. The van der Waals surface area contributed by atoms with Crippen molar-refractivity contribution in [3.8, 4) is 5.75 Å². The minimum Gasteiger partial charge on any atom is -0.497 e. The third-order valence-electron chi connectivity index (χ3n) is 3.24. The number of aliphatic hydroxyl groups is 1. The molecule has 1 N–H and O–H groups in total. The molecule has 0 heterocycles. The lowest BCUT2D eigenvalue weighted by Crippen LogP contribution is -2.30. The van der Waals surface area contributed by atoms with Crippen LogP contribution in [0.4, 0.5) is 0 Å². The predicted molar refractivity (Wildman–Crippen MR) is 82.2 cm³/mol. The zero-order valence-electron chi connectivity index (χ0n) is 12.3. The Hall–Kier alpha value is -0.770. The number of rotatable bonds is 7. The lowest BCUT2D eigenvalue weighted by molar-refractivity contribution is 0.0115. The summed E-state index contributed by atoms with van der Waals surface area (Å²) in [7, 11) is 5.70. The molecule has 0 spiro atoms. The van der Waals surface area contributed by atoms with E-state index < -0.39 is 5.60 Å². The molecule has 1 unspecified atom stereocenters. The quantitative estimate of drug-likeness (QED) is 0.837. The van der Waals surface area contributed by atoms with Gasteiger partial charge in [-0.25, -0.2) is 0 Å². The first-order valence-electron chi connectivity index (χ1n) is 6.53. The van der Waals surface area contributed by atoms with E-state index in [1.165, 1.54) is 0 Å². The molecule has 0 aliphatic rings. The van der Waals surface area contributed by atoms with Crippen LogP contribution in [0.5, 0.6) is 5.75 Å². The highest BCUT2D eigenvalue weighted by Gasteiger charge is 2.28. The van der Waals surface area contributed by atoms with E-state index in [9.17, 15) is 5.11 Å². The Morgan fingerprint density at radius 2 is 1.95 bits per heavy atom. The van der Waals surface area contributed by atoms with Crippen LogP contribution in [-0.2, 0) is 5.60 Å². The Morgan fingerprint density at radius 3 is 2.47 bits per heavy atom. The van der Waals surface area contributed by atoms with Crippen molar-refractivity contribution in [3.05, 3.63) is 29.8 Å². The fourth-order valence-electron chi connectivity index (χ4n) is 2.15. The molecule has 0 aliphatic carbocycles. The van der Waals surface area contributed by atoms with Gasteiger partial charge in [-0.15, -0.1) is 12.4 Å². The first kappa shape index (κ1) is 18.2. The number of halogens is 1. The van der Waals surface area contributed by atoms with E-state index in [0.717, 1.165) is 37.1 Å². The van der Waals surface area contributed by atoms with Crippen LogP contribution < -0.4 is 4.74 Å². The number of hydrogen-bond acceptors (Lipinski definition) is 3. The Balaban J connectivity index is 0.00000324. The lowest BCUT2D eigenvalue weighted by atomic mass is 9.86. The standard InChI is InChI=1S/C15H25NO2.ClH/c1-5-9-15(17,10-11-16(2)3)13-7-6-8-14(12-13)18-4;/h6-8,12,17H,5,9-11H2,1-4H3;1H. The molecule has 0 fully saturated rings. The average Bonchev–Trinajstić information content (AvgIpc) is 2.37. The fraction of sp³-hybridized carbons (Fsp3) is 0.600. The van der Waals surface area contributed by atoms with Gasteiger partial charge in [0.15, 0.2) is 0 Å². The summed E-state index contributed by atoms with van der Waals surface area (Å²) in [5.41, 5.74) is 0.193. The van der Waals surface area contributed by atoms with Crippen molar-refractivity contribution in [1.29, 1.82) is 0 Å². The van der Waals surface area contributed by atoms with Gasteiger partial charge in [0.25, 0.3) is 0 Å². The van der Waals surface area contributed by atoms with Crippen molar-refractivity contribution >= 4 is 12.4 Å². The van der Waals surface area contributed by atoms with Crippen molar-refractivity contribution in [3.63, 3.8) is 0 Å². The summed E-state index contributed by atoms with van der Waals surface area (Å²) < 4.78 is 5.23. The molecule has 110 valence electrons. The van der Waals surface area contributed by atoms with E-state index >= 15 is 0 Å². The van der Waals surface area contributed by atoms with Crippen LogP contribution in [0.3, 0.4) is 0 Å². The fourth-order valence-corrected chi connectivity index (χ4v) is 2.15. The van der Waals surface area contributed by atoms with E-state index in [0.29, 0.717) is 0 Å². The Kier molecular flexibility index (Phi) is 8.07. The van der Waals surface area contributed by atoms with Crippen molar-refractivity contribution < 1.29 is 9.84 Å². The van der Waals surface area contributed by atoms with Gasteiger partial charge in [0.2, 0.25) is 0 Å². The van der Waals surface area contributed by atoms with Crippen LogP contribution in [0, 0.1) is 0 Å². The van der Waals surface area contributed by atoms with Gasteiger partial charge in [0.05, 0.1) is 12.7 Å². The number of methoxy groups -OCH3 is 1. The van der Waals surface area contributed by atoms with Gasteiger partial charge in [-0.3, -0.25) is 0 Å². The molecule has 1 aromatic rings. The molecular formula is C15H26ClNO2. The maximum absolute atomic E-state index is 10.9. The summed E-state index contributed by atoms with van der Waals surface area (Å²) in [6, 6.07) is 7.76. The third-order valence-corrected chi connectivity index (χ3v) is 3.24. The van der Waals surface area contributed by atoms with E-state index in [1.807, 2.05) is 38.4 Å². The van der Waals surface area contributed by atoms with Gasteiger partial charge in [-0.2, -0.15) is 0 Å². The minimum absolute atomic E-state index is 0. The summed E-state index contributed by atoms with van der Waals surface area (Å²) >= 11 is 0. The van der Waals surface area contributed by atoms with E-state index in [4.69, 9.17) is 4.74 Å². The molecule has 0 radical (unpaired) electrons. The van der Waals surface area contributed by atoms with Gasteiger partial charge < -0.3 is 14.7 Å². The maximum Gasteiger partial charge on any atom is 0.119 e. The van der Waals surface area contributed by atoms with Crippen LogP contribution in [0.25, 0.3) is 0 Å². The van der Waals surface area contributed by atoms with E-state index in [-0.39, 0.29) is 12.4 Å². The molecule has 0 aliphatic heterocycles. The van der Waals surface area contributed by atoms with E-state index in [1.54, 1.807) is 7.11 Å². The van der Waals surface area contributed by atoms with Gasteiger partial charge in [0.1, 0.15) is 5.75 Å². The highest BCUT2D eigenvalue weighted by atomic mass is 35.5. The molecule has 1 rings (SSSR count). The summed E-state index contributed by atoms with van der Waals surface area (Å²) in [4.78, 5) is 2.10. The van der Waals surface area contributed by atoms with Crippen LogP contribution in [0.2, 0.25) is 0 Å². The number of hydrogen-bond donors (Lipinski definition) is 1. The van der Waals surface area contributed by atoms with Crippen LogP contribution in [0.1, 0.15) is 31.7 Å². The predicted octanol–water partition coefficient (Wildman–Crippen LogP) is 3.06. The minimum atomic E-state index is -0.756. The molecule has 1 atom stereocenters. The summed E-state index contributed by atoms with van der Waals surface area (Å²) in [6.45, 7) is 2.97. The van der Waals surface area contributed by atoms with Crippen molar-refractivity contribution in [2.75, 3.05) is 27.7 Å². The second-order valence-electron chi connectivity index (χ2n) is 5.07. The molecule has 19 heavy (non-hydrogen) atoms. The molecule has 0 saturated carbocycles. The molecule has 0 aromatic heterocycles. The highest BCUT2D eigenvalue weighted by Crippen LogP contribution is 2.32. The lowest BCUT2D eigenvalue weighted by Gasteiger charge is -2.30. The normalized spacial score (nSPS) is 13.8. The van der Waals surface area contributed by atoms with Crippen LogP contribution in [0.15, 0.2) is 24.3 Å². The smallest absolute Gasteiger partial charge is 0.119 e. The first-order valence-corrected chi connectivity index (χ1v) is 6.53. The maximum atomic E-state index is 10.9. The Labute approximate surface area is 123 Å².